The van der Waals surface area contributed by atoms with E-state index in [9.17, 15) is 33.1 Å². The Morgan fingerprint density at radius 1 is 1.43 bits per heavy atom. The van der Waals surface area contributed by atoms with Crippen LogP contribution in [-0.2, 0) is 29.1 Å². The van der Waals surface area contributed by atoms with Gasteiger partial charge in [0.15, 0.2) is 22.7 Å². The molecule has 0 saturated carbocycles. The molecule has 16 nitrogen and oxygen atoms in total. The van der Waals surface area contributed by atoms with Crippen LogP contribution in [0.15, 0.2) is 27.6 Å². The largest absolute Gasteiger partial charge is 0.503 e. The Kier molecular flexibility index (Phi) is 8.03. The van der Waals surface area contributed by atoms with E-state index in [2.05, 4.69) is 19.7 Å². The van der Waals surface area contributed by atoms with Gasteiger partial charge >= 0.3 is 10.4 Å². The van der Waals surface area contributed by atoms with Crippen LogP contribution in [0.3, 0.4) is 0 Å². The van der Waals surface area contributed by atoms with Crippen molar-refractivity contribution >= 4 is 56.2 Å². The van der Waals surface area contributed by atoms with Crippen molar-refractivity contribution in [2.24, 2.45) is 5.16 Å². The first-order chi connectivity index (χ1) is 17.2. The number of thioether (sulfide) groups is 1. The number of anilines is 1. The zero-order valence-corrected chi connectivity index (χ0v) is 21.8. The van der Waals surface area contributed by atoms with Crippen molar-refractivity contribution in [2.75, 3.05) is 17.7 Å². The first kappa shape index (κ1) is 28.2. The number of carbonyl (C=O) groups is 2. The number of rotatable bonds is 10. The summed E-state index contributed by atoms with van der Waals surface area (Å²) < 4.78 is 35.6. The highest BCUT2D eigenvalue weighted by atomic mass is 32.3. The molecule has 0 bridgehead atoms. The number of carbonyl (C=O) groups excluding carboxylic acids is 2. The smallest absolute Gasteiger partial charge is 0.418 e. The number of aromatic nitrogens is 2. The van der Waals surface area contributed by atoms with Gasteiger partial charge < -0.3 is 26.2 Å². The summed E-state index contributed by atoms with van der Waals surface area (Å²) in [5.41, 5.74) is 2.96. The minimum absolute atomic E-state index is 0.0226. The lowest BCUT2D eigenvalue weighted by molar-refractivity contribution is -0.218. The van der Waals surface area contributed by atoms with Gasteiger partial charge in [0.2, 0.25) is 5.43 Å². The SMILES string of the molecule is CSC[C@@H](O/N=C(\C(=O)N[C@@H]1C(=O)N(OS(=O)(=O)O)C1(C)C)c1csc(N)n1)c1cc(=O)c(O)cn1O. The van der Waals surface area contributed by atoms with Gasteiger partial charge in [-0.2, -0.15) is 30.0 Å². The number of thiazole rings is 1. The monoisotopic (exact) mass is 578 g/mol. The number of hydrogen-bond acceptors (Lipinski definition) is 14. The molecule has 1 saturated heterocycles. The van der Waals surface area contributed by atoms with Gasteiger partial charge in [0, 0.05) is 17.2 Å². The Labute approximate surface area is 217 Å². The number of amides is 2. The first-order valence-corrected chi connectivity index (χ1v) is 13.7. The van der Waals surface area contributed by atoms with E-state index in [-0.39, 0.29) is 22.3 Å². The van der Waals surface area contributed by atoms with Gasteiger partial charge in [-0.15, -0.1) is 15.6 Å². The third kappa shape index (κ3) is 6.13. The third-order valence-corrected chi connectivity index (χ3v) is 6.71. The molecule has 0 aromatic carbocycles. The third-order valence-electron chi connectivity index (χ3n) is 5.06. The maximum atomic E-state index is 13.1. The number of nitrogens with zero attached hydrogens (tertiary/aromatic N) is 4. The second-order valence-electron chi connectivity index (χ2n) is 8.05. The average molecular weight is 579 g/mol. The summed E-state index contributed by atoms with van der Waals surface area (Å²) >= 11 is 2.25. The molecular weight excluding hydrogens is 556 g/mol. The van der Waals surface area contributed by atoms with E-state index < -0.39 is 56.8 Å². The topological polar surface area (TPSA) is 236 Å². The lowest BCUT2D eigenvalue weighted by Gasteiger charge is -2.50. The molecule has 3 heterocycles. The van der Waals surface area contributed by atoms with Crippen molar-refractivity contribution < 1.29 is 42.0 Å². The molecule has 2 aromatic heterocycles. The zero-order valence-electron chi connectivity index (χ0n) is 19.4. The number of β-lactam (4-membered cyclic amide) rings is 1. The van der Waals surface area contributed by atoms with Crippen LogP contribution < -0.4 is 16.5 Å². The van der Waals surface area contributed by atoms with Crippen LogP contribution >= 0.6 is 23.1 Å². The second kappa shape index (κ2) is 10.5. The van der Waals surface area contributed by atoms with Crippen molar-refractivity contribution in [3.8, 4) is 5.75 Å². The fourth-order valence-corrected chi connectivity index (χ4v) is 4.76. The molecule has 6 N–H and O–H groups in total. The normalized spacial score (nSPS) is 18.3. The van der Waals surface area contributed by atoms with E-state index in [0.717, 1.165) is 23.6 Å². The molecule has 0 aliphatic carbocycles. The fraction of sp³-hybridized carbons (Fsp3) is 0.389. The Morgan fingerprint density at radius 2 is 2.11 bits per heavy atom. The summed E-state index contributed by atoms with van der Waals surface area (Å²) in [4.78, 5) is 46.9. The number of aromatic hydroxyl groups is 1. The minimum Gasteiger partial charge on any atom is -0.503 e. The molecule has 37 heavy (non-hydrogen) atoms. The standard InChI is InChI=1S/C18H22N6O10S3/c1-18(2)14(16(28)24(18)34-37(30,31)32)21-15(27)13(8-6-36-17(19)20-8)22-33-12(7-35-3)9-4-10(25)11(26)5-23(9)29/h4-6,12,14,26,29H,7H2,1-3H3,(H2,19,20)(H,21,27)(H,30,31,32)/b22-13-/t12-,14-/m1/s1. The lowest BCUT2D eigenvalue weighted by Crippen LogP contribution is -2.76. The second-order valence-corrected chi connectivity index (χ2v) is 10.9. The molecule has 0 spiro atoms. The van der Waals surface area contributed by atoms with Crippen molar-refractivity contribution in [2.45, 2.75) is 31.5 Å². The van der Waals surface area contributed by atoms with Crippen LogP contribution in [0.5, 0.6) is 5.75 Å². The van der Waals surface area contributed by atoms with E-state index in [4.69, 9.17) is 15.1 Å². The molecule has 19 heteroatoms. The van der Waals surface area contributed by atoms with Gasteiger partial charge in [0.25, 0.3) is 11.8 Å². The molecule has 2 amide bonds. The van der Waals surface area contributed by atoms with Crippen molar-refractivity contribution in [3.63, 3.8) is 0 Å². The van der Waals surface area contributed by atoms with Crippen LogP contribution in [0.25, 0.3) is 0 Å². The number of hydrogen-bond donors (Lipinski definition) is 5. The Balaban J connectivity index is 1.90. The molecule has 202 valence electrons. The minimum atomic E-state index is -4.99. The number of pyridine rings is 1. The average Bonchev–Trinajstić information content (AvgIpc) is 3.22. The molecule has 2 aromatic rings. The van der Waals surface area contributed by atoms with Crippen LogP contribution in [0.4, 0.5) is 5.13 Å². The van der Waals surface area contributed by atoms with Gasteiger partial charge in [0.05, 0.1) is 11.7 Å². The van der Waals surface area contributed by atoms with Gasteiger partial charge in [0.1, 0.15) is 17.4 Å². The Bertz CT molecular complexity index is 1400. The molecule has 0 unspecified atom stereocenters. The molecule has 1 fully saturated rings. The summed E-state index contributed by atoms with van der Waals surface area (Å²) in [6, 6.07) is -0.351. The number of nitrogen functional groups attached to an aromatic ring is 1. The van der Waals surface area contributed by atoms with Crippen LogP contribution in [0.1, 0.15) is 31.3 Å². The highest BCUT2D eigenvalue weighted by molar-refractivity contribution is 7.98. The Hall–Kier alpha value is -3.39. The van der Waals surface area contributed by atoms with Crippen LogP contribution in [0, 0.1) is 0 Å². The van der Waals surface area contributed by atoms with Crippen molar-refractivity contribution in [3.05, 3.63) is 39.3 Å². The van der Waals surface area contributed by atoms with E-state index in [1.54, 1.807) is 6.26 Å². The van der Waals surface area contributed by atoms with E-state index >= 15 is 0 Å². The van der Waals surface area contributed by atoms with Crippen LogP contribution in [0.2, 0.25) is 0 Å². The Morgan fingerprint density at radius 3 is 2.65 bits per heavy atom. The summed E-state index contributed by atoms with van der Waals surface area (Å²) in [7, 11) is -4.99. The summed E-state index contributed by atoms with van der Waals surface area (Å²) in [6.07, 6.45) is 1.41. The van der Waals surface area contributed by atoms with Crippen molar-refractivity contribution in [1.82, 2.24) is 20.1 Å². The van der Waals surface area contributed by atoms with E-state index in [0.29, 0.717) is 9.79 Å². The molecule has 3 rings (SSSR count). The predicted octanol–water partition coefficient (Wildman–Crippen LogP) is -0.505. The molecule has 2 atom stereocenters. The molecule has 0 radical (unpaired) electrons. The maximum Gasteiger partial charge on any atom is 0.418 e. The molecule has 1 aliphatic heterocycles. The molecular formula is C18H22N6O10S3. The number of nitrogens with two attached hydrogens (primary N) is 1. The van der Waals surface area contributed by atoms with Gasteiger partial charge in [-0.3, -0.25) is 18.9 Å². The van der Waals surface area contributed by atoms with Crippen molar-refractivity contribution in [1.29, 1.82) is 0 Å². The summed E-state index contributed by atoms with van der Waals surface area (Å²) in [5, 5.41) is 27.7. The van der Waals surface area contributed by atoms with E-state index in [1.807, 2.05) is 0 Å². The first-order valence-electron chi connectivity index (χ1n) is 10.1. The highest BCUT2D eigenvalue weighted by Gasteiger charge is 2.58. The number of nitrogens with one attached hydrogen (secondary N) is 1. The predicted molar refractivity (Wildman–Crippen MR) is 130 cm³/mol. The quantitative estimate of drug-likeness (QED) is 0.0786. The lowest BCUT2D eigenvalue weighted by atomic mass is 9.84. The summed E-state index contributed by atoms with van der Waals surface area (Å²) in [5.74, 6) is -2.48. The summed E-state index contributed by atoms with van der Waals surface area (Å²) in [6.45, 7) is 2.75. The highest BCUT2D eigenvalue weighted by Crippen LogP contribution is 2.33. The number of hydroxylamine groups is 2. The zero-order chi connectivity index (χ0) is 27.7. The van der Waals surface area contributed by atoms with Gasteiger partial charge in [-0.05, 0) is 20.1 Å². The van der Waals surface area contributed by atoms with E-state index in [1.165, 1.54) is 31.0 Å². The fourth-order valence-electron chi connectivity index (χ4n) is 3.23. The number of oxime groups is 1. The maximum absolute atomic E-state index is 13.1. The van der Waals surface area contributed by atoms with Crippen LogP contribution in [-0.4, -0.2) is 79.2 Å². The van der Waals surface area contributed by atoms with Gasteiger partial charge in [-0.1, -0.05) is 5.16 Å². The van der Waals surface area contributed by atoms with Gasteiger partial charge in [-0.25, -0.2) is 4.98 Å². The molecule has 1 aliphatic rings.